The molecule has 2 aliphatic heterocycles. The fraction of sp³-hybridized carbons (Fsp3) is 1.00. The zero-order valence-electron chi connectivity index (χ0n) is 16.3. The summed E-state index contributed by atoms with van der Waals surface area (Å²) < 4.78 is 5.78. The molecule has 5 nitrogen and oxygen atoms in total. The average molecular weight is 373 g/mol. The molecule has 0 amide bonds. The molecule has 0 bridgehead atoms. The molecule has 2 rings (SSSR count). The van der Waals surface area contributed by atoms with Gasteiger partial charge < -0.3 is 15.1 Å². The van der Waals surface area contributed by atoms with E-state index in [1.165, 1.54) is 89.7 Å². The van der Waals surface area contributed by atoms with Crippen LogP contribution in [0, 0.1) is 0 Å². The Kier molecular flexibility index (Phi) is 12.2. The minimum atomic E-state index is 0.173. The third-order valence-electron chi connectivity index (χ3n) is 5.32. The molecule has 0 saturated carbocycles. The third kappa shape index (κ3) is 10.2. The van der Waals surface area contributed by atoms with Gasteiger partial charge in [0.1, 0.15) is 6.23 Å². The van der Waals surface area contributed by atoms with Crippen molar-refractivity contribution in [3.8, 4) is 0 Å². The van der Waals surface area contributed by atoms with Crippen LogP contribution in [0.1, 0.15) is 51.4 Å². The van der Waals surface area contributed by atoms with Gasteiger partial charge in [-0.25, -0.2) is 0 Å². The molecule has 2 fully saturated rings. The first-order valence-corrected chi connectivity index (χ1v) is 11.6. The van der Waals surface area contributed by atoms with E-state index in [0.29, 0.717) is 0 Å². The molecule has 0 radical (unpaired) electrons. The smallest absolute Gasteiger partial charge is 0.123 e. The molecule has 2 N–H and O–H groups in total. The van der Waals surface area contributed by atoms with Crippen molar-refractivity contribution in [2.75, 3.05) is 65.2 Å². The van der Waals surface area contributed by atoms with Gasteiger partial charge in [-0.3, -0.25) is 9.50 Å². The second-order valence-corrected chi connectivity index (χ2v) is 7.93. The second-order valence-electron chi connectivity index (χ2n) is 7.40. The fourth-order valence-corrected chi connectivity index (χ4v) is 4.24. The Balaban J connectivity index is 1.44. The summed E-state index contributed by atoms with van der Waals surface area (Å²) in [5, 5.41) is 7.12. The van der Waals surface area contributed by atoms with E-state index in [1.807, 2.05) is 6.26 Å². The van der Waals surface area contributed by atoms with Crippen molar-refractivity contribution in [1.82, 2.24) is 20.4 Å². The highest BCUT2D eigenvalue weighted by molar-refractivity contribution is 7.93. The number of hydrogen-bond donors (Lipinski definition) is 2. The van der Waals surface area contributed by atoms with Crippen molar-refractivity contribution in [3.63, 3.8) is 0 Å². The summed E-state index contributed by atoms with van der Waals surface area (Å²) in [4.78, 5) is 5.20. The van der Waals surface area contributed by atoms with E-state index in [1.54, 1.807) is 0 Å². The van der Waals surface area contributed by atoms with Crippen molar-refractivity contribution < 1.29 is 4.18 Å². The molecule has 2 heterocycles. The lowest BCUT2D eigenvalue weighted by molar-refractivity contribution is 0.146. The predicted octanol–water partition coefficient (Wildman–Crippen LogP) is 2.54. The van der Waals surface area contributed by atoms with E-state index < -0.39 is 0 Å². The minimum Gasteiger partial charge on any atom is -0.315 e. The number of hydrogen-bond acceptors (Lipinski definition) is 6. The Morgan fingerprint density at radius 3 is 2.12 bits per heavy atom. The van der Waals surface area contributed by atoms with Crippen LogP contribution in [0.2, 0.25) is 0 Å². The van der Waals surface area contributed by atoms with Gasteiger partial charge in [0.2, 0.25) is 0 Å². The van der Waals surface area contributed by atoms with Gasteiger partial charge in [0.15, 0.2) is 0 Å². The topological polar surface area (TPSA) is 39.8 Å². The Morgan fingerprint density at radius 2 is 1.48 bits per heavy atom. The monoisotopic (exact) mass is 372 g/mol. The lowest BCUT2D eigenvalue weighted by atomic mass is 10.1. The molecule has 1 unspecified atom stereocenters. The van der Waals surface area contributed by atoms with Gasteiger partial charge in [0.05, 0.1) is 0 Å². The number of piperidine rings is 2. The summed E-state index contributed by atoms with van der Waals surface area (Å²) in [5.41, 5.74) is 0. The van der Waals surface area contributed by atoms with Gasteiger partial charge in [-0.2, -0.15) is 0 Å². The molecular formula is C19H40N4OS. The summed E-state index contributed by atoms with van der Waals surface area (Å²) in [7, 11) is 0. The van der Waals surface area contributed by atoms with Gasteiger partial charge in [0.25, 0.3) is 0 Å². The van der Waals surface area contributed by atoms with E-state index >= 15 is 0 Å². The maximum absolute atomic E-state index is 5.78. The standard InChI is InChI=1S/C19H40N4OS/c1-25-24-19(9-18-23-15-6-3-7-16-23)21-12-11-20-10-8-17-22-13-4-2-5-14-22/h19-21H,2-18H2,1H3. The minimum absolute atomic E-state index is 0.173. The van der Waals surface area contributed by atoms with Gasteiger partial charge in [-0.05, 0) is 83.4 Å². The lowest BCUT2D eigenvalue weighted by Gasteiger charge is -2.28. The molecular weight excluding hydrogens is 332 g/mol. The van der Waals surface area contributed by atoms with Crippen LogP contribution in [0.4, 0.5) is 0 Å². The third-order valence-corrected chi connectivity index (χ3v) is 5.74. The molecule has 148 valence electrons. The van der Waals surface area contributed by atoms with Crippen LogP contribution >= 0.6 is 12.0 Å². The van der Waals surface area contributed by atoms with Crippen molar-refractivity contribution in [3.05, 3.63) is 0 Å². The zero-order valence-corrected chi connectivity index (χ0v) is 17.1. The van der Waals surface area contributed by atoms with Gasteiger partial charge >= 0.3 is 0 Å². The first-order chi connectivity index (χ1) is 12.4. The largest absolute Gasteiger partial charge is 0.315 e. The molecule has 0 aliphatic carbocycles. The zero-order chi connectivity index (χ0) is 17.6. The highest BCUT2D eigenvalue weighted by atomic mass is 32.2. The molecule has 0 aromatic heterocycles. The lowest BCUT2D eigenvalue weighted by Crippen LogP contribution is -2.40. The van der Waals surface area contributed by atoms with Crippen molar-refractivity contribution >= 4 is 12.0 Å². The molecule has 0 spiro atoms. The normalized spacial score (nSPS) is 21.5. The Hall–Kier alpha value is 0.150. The van der Waals surface area contributed by atoms with Crippen molar-refractivity contribution in [1.29, 1.82) is 0 Å². The van der Waals surface area contributed by atoms with Crippen LogP contribution in [0.25, 0.3) is 0 Å². The summed E-state index contributed by atoms with van der Waals surface area (Å²) in [6.45, 7) is 10.7. The molecule has 0 aromatic carbocycles. The molecule has 2 aliphatic rings. The quantitative estimate of drug-likeness (QED) is 0.294. The summed E-state index contributed by atoms with van der Waals surface area (Å²) in [6, 6.07) is 0. The van der Waals surface area contributed by atoms with Crippen molar-refractivity contribution in [2.24, 2.45) is 0 Å². The van der Waals surface area contributed by atoms with E-state index in [2.05, 4.69) is 20.4 Å². The van der Waals surface area contributed by atoms with Crippen LogP contribution in [0.15, 0.2) is 0 Å². The number of nitrogens with zero attached hydrogens (tertiary/aromatic N) is 2. The molecule has 6 heteroatoms. The van der Waals surface area contributed by atoms with E-state index in [4.69, 9.17) is 4.18 Å². The Morgan fingerprint density at radius 1 is 0.840 bits per heavy atom. The van der Waals surface area contributed by atoms with Gasteiger partial charge in [-0.1, -0.05) is 12.8 Å². The summed E-state index contributed by atoms with van der Waals surface area (Å²) in [5.74, 6) is 0. The van der Waals surface area contributed by atoms with Crippen LogP contribution in [0.3, 0.4) is 0 Å². The van der Waals surface area contributed by atoms with Gasteiger partial charge in [-0.15, -0.1) is 0 Å². The highest BCUT2D eigenvalue weighted by Gasteiger charge is 2.14. The Bertz CT molecular complexity index is 310. The van der Waals surface area contributed by atoms with E-state index in [0.717, 1.165) is 32.6 Å². The average Bonchev–Trinajstić information content (AvgIpc) is 2.67. The molecule has 2 saturated heterocycles. The van der Waals surface area contributed by atoms with Crippen LogP contribution in [-0.4, -0.2) is 81.2 Å². The molecule has 0 aromatic rings. The fourth-order valence-electron chi connectivity index (χ4n) is 3.84. The first kappa shape index (κ1) is 21.5. The van der Waals surface area contributed by atoms with Gasteiger partial charge in [0, 0.05) is 32.3 Å². The molecule has 25 heavy (non-hydrogen) atoms. The highest BCUT2D eigenvalue weighted by Crippen LogP contribution is 2.11. The number of rotatable bonds is 13. The SMILES string of the molecule is CSOC(CCN1CCCCC1)NCCNCCCN1CCCCC1. The van der Waals surface area contributed by atoms with Crippen molar-refractivity contribution in [2.45, 2.75) is 57.6 Å². The van der Waals surface area contributed by atoms with Crippen LogP contribution < -0.4 is 10.6 Å². The van der Waals surface area contributed by atoms with E-state index in [9.17, 15) is 0 Å². The second kappa shape index (κ2) is 14.2. The Labute approximate surface area is 159 Å². The predicted molar refractivity (Wildman–Crippen MR) is 109 cm³/mol. The summed E-state index contributed by atoms with van der Waals surface area (Å²) >= 11 is 1.48. The number of likely N-dealkylation sites (tertiary alicyclic amines) is 2. The maximum Gasteiger partial charge on any atom is 0.123 e. The molecule has 1 atom stereocenters. The van der Waals surface area contributed by atoms with Crippen LogP contribution in [-0.2, 0) is 4.18 Å². The van der Waals surface area contributed by atoms with Crippen LogP contribution in [0.5, 0.6) is 0 Å². The number of nitrogens with one attached hydrogen (secondary N) is 2. The van der Waals surface area contributed by atoms with E-state index in [-0.39, 0.29) is 6.23 Å². The first-order valence-electron chi connectivity index (χ1n) is 10.5. The summed E-state index contributed by atoms with van der Waals surface area (Å²) in [6.07, 6.45) is 12.9. The maximum atomic E-state index is 5.78.